The number of carbonyl (C=O) groups is 2. The van der Waals surface area contributed by atoms with Crippen LogP contribution < -0.4 is 9.47 Å². The summed E-state index contributed by atoms with van der Waals surface area (Å²) in [5, 5.41) is 0. The van der Waals surface area contributed by atoms with Crippen LogP contribution >= 0.6 is 0 Å². The standard InChI is InChI=1S/C23H28N4O4/c1-25-8-10-27(11-9-25)23(29)20-16-12-18(30-3)19(31-4)13-17(16)22(28)26(2)21(20)15-6-5-7-24-14-15/h5-7,12-14,20-21H,8-11H2,1-4H3/t20-,21+/m0/s1. The van der Waals surface area contributed by atoms with Gasteiger partial charge in [-0.15, -0.1) is 0 Å². The highest BCUT2D eigenvalue weighted by molar-refractivity contribution is 6.02. The second-order valence-electron chi connectivity index (χ2n) is 8.05. The summed E-state index contributed by atoms with van der Waals surface area (Å²) < 4.78 is 10.9. The van der Waals surface area contributed by atoms with Gasteiger partial charge in [0.2, 0.25) is 5.91 Å². The number of ether oxygens (including phenoxy) is 2. The average Bonchev–Trinajstić information content (AvgIpc) is 2.81. The summed E-state index contributed by atoms with van der Waals surface area (Å²) in [6, 6.07) is 6.74. The van der Waals surface area contributed by atoms with Crippen molar-refractivity contribution in [3.05, 3.63) is 53.3 Å². The highest BCUT2D eigenvalue weighted by Crippen LogP contribution is 2.46. The van der Waals surface area contributed by atoms with Crippen LogP contribution in [0.15, 0.2) is 36.7 Å². The molecule has 1 saturated heterocycles. The molecule has 8 nitrogen and oxygen atoms in total. The van der Waals surface area contributed by atoms with E-state index in [4.69, 9.17) is 9.47 Å². The Hall–Kier alpha value is -3.13. The van der Waals surface area contributed by atoms with Gasteiger partial charge in [-0.1, -0.05) is 6.07 Å². The van der Waals surface area contributed by atoms with Crippen LogP contribution in [0, 0.1) is 0 Å². The third-order valence-corrected chi connectivity index (χ3v) is 6.28. The lowest BCUT2D eigenvalue weighted by molar-refractivity contribution is -0.136. The van der Waals surface area contributed by atoms with Crippen molar-refractivity contribution >= 4 is 11.8 Å². The van der Waals surface area contributed by atoms with Crippen LogP contribution in [-0.4, -0.2) is 86.0 Å². The van der Waals surface area contributed by atoms with Crippen molar-refractivity contribution in [1.82, 2.24) is 19.7 Å². The molecular weight excluding hydrogens is 396 g/mol. The number of nitrogens with zero attached hydrogens (tertiary/aromatic N) is 4. The molecule has 1 aromatic heterocycles. The van der Waals surface area contributed by atoms with Crippen molar-refractivity contribution in [2.45, 2.75) is 12.0 Å². The molecule has 164 valence electrons. The molecule has 4 rings (SSSR count). The summed E-state index contributed by atoms with van der Waals surface area (Å²) in [5.41, 5.74) is 1.96. The molecule has 1 aromatic carbocycles. The number of rotatable bonds is 4. The molecule has 2 amide bonds. The van der Waals surface area contributed by atoms with Crippen LogP contribution in [0.3, 0.4) is 0 Å². The van der Waals surface area contributed by atoms with Crippen LogP contribution in [0.2, 0.25) is 0 Å². The van der Waals surface area contributed by atoms with Gasteiger partial charge in [-0.3, -0.25) is 14.6 Å². The summed E-state index contributed by atoms with van der Waals surface area (Å²) in [6.07, 6.45) is 3.41. The van der Waals surface area contributed by atoms with Crippen molar-refractivity contribution in [3.63, 3.8) is 0 Å². The maximum Gasteiger partial charge on any atom is 0.254 e. The molecule has 2 atom stereocenters. The smallest absolute Gasteiger partial charge is 0.254 e. The summed E-state index contributed by atoms with van der Waals surface area (Å²) in [7, 11) is 6.88. The predicted molar refractivity (Wildman–Crippen MR) is 115 cm³/mol. The topological polar surface area (TPSA) is 75.2 Å². The molecule has 0 unspecified atom stereocenters. The molecule has 0 bridgehead atoms. The van der Waals surface area contributed by atoms with E-state index in [9.17, 15) is 9.59 Å². The van der Waals surface area contributed by atoms with E-state index in [0.29, 0.717) is 35.7 Å². The lowest BCUT2D eigenvalue weighted by Gasteiger charge is -2.43. The number of carbonyl (C=O) groups excluding carboxylic acids is 2. The van der Waals surface area contributed by atoms with Gasteiger partial charge < -0.3 is 24.2 Å². The van der Waals surface area contributed by atoms with Crippen molar-refractivity contribution in [3.8, 4) is 11.5 Å². The van der Waals surface area contributed by atoms with Gasteiger partial charge in [0.1, 0.15) is 0 Å². The first-order chi connectivity index (χ1) is 15.0. The normalized spacial score (nSPS) is 21.6. The van der Waals surface area contributed by atoms with Gasteiger partial charge in [0.05, 0.1) is 26.2 Å². The Kier molecular flexibility index (Phi) is 5.82. The fraction of sp³-hybridized carbons (Fsp3) is 0.435. The minimum atomic E-state index is -0.565. The summed E-state index contributed by atoms with van der Waals surface area (Å²) >= 11 is 0. The van der Waals surface area contributed by atoms with E-state index in [1.165, 1.54) is 7.11 Å². The minimum absolute atomic E-state index is 0.00905. The molecule has 0 N–H and O–H groups in total. The summed E-state index contributed by atoms with van der Waals surface area (Å²) in [4.78, 5) is 37.2. The largest absolute Gasteiger partial charge is 0.493 e. The number of fused-ring (bicyclic) bond motifs is 1. The first-order valence-electron chi connectivity index (χ1n) is 10.4. The maximum absolute atomic E-state index is 13.9. The third-order valence-electron chi connectivity index (χ3n) is 6.28. The van der Waals surface area contributed by atoms with E-state index in [1.807, 2.05) is 17.0 Å². The molecule has 1 fully saturated rings. The van der Waals surface area contributed by atoms with Crippen molar-refractivity contribution in [1.29, 1.82) is 0 Å². The van der Waals surface area contributed by atoms with Gasteiger partial charge in [-0.2, -0.15) is 0 Å². The van der Waals surface area contributed by atoms with Crippen LogP contribution in [0.5, 0.6) is 11.5 Å². The molecule has 2 aromatic rings. The highest BCUT2D eigenvalue weighted by atomic mass is 16.5. The van der Waals surface area contributed by atoms with E-state index in [0.717, 1.165) is 18.7 Å². The molecule has 0 saturated carbocycles. The number of pyridine rings is 1. The maximum atomic E-state index is 13.9. The Bertz CT molecular complexity index is 973. The fourth-order valence-corrected chi connectivity index (χ4v) is 4.51. The molecule has 31 heavy (non-hydrogen) atoms. The van der Waals surface area contributed by atoms with Crippen molar-refractivity contribution < 1.29 is 19.1 Å². The molecule has 0 spiro atoms. The SMILES string of the molecule is COc1cc2c(cc1OC)[C@H](C(=O)N1CCN(C)CC1)[C@@H](c1cccnc1)N(C)C2=O. The Morgan fingerprint density at radius 2 is 1.74 bits per heavy atom. The van der Waals surface area contributed by atoms with Crippen molar-refractivity contribution in [2.75, 3.05) is 54.5 Å². The Labute approximate surface area is 182 Å². The Balaban J connectivity index is 1.87. The van der Waals surface area contributed by atoms with Crippen LogP contribution in [-0.2, 0) is 4.79 Å². The third kappa shape index (κ3) is 3.72. The van der Waals surface area contributed by atoms with E-state index < -0.39 is 12.0 Å². The number of methoxy groups -OCH3 is 2. The Morgan fingerprint density at radius 3 is 2.35 bits per heavy atom. The quantitative estimate of drug-likeness (QED) is 0.745. The highest BCUT2D eigenvalue weighted by Gasteiger charge is 2.45. The van der Waals surface area contributed by atoms with E-state index in [1.54, 1.807) is 43.6 Å². The van der Waals surface area contributed by atoms with Crippen LogP contribution in [0.25, 0.3) is 0 Å². The minimum Gasteiger partial charge on any atom is -0.493 e. The van der Waals surface area contributed by atoms with Gasteiger partial charge in [0.15, 0.2) is 11.5 Å². The second-order valence-corrected chi connectivity index (χ2v) is 8.05. The lowest BCUT2D eigenvalue weighted by atomic mass is 9.79. The van der Waals surface area contributed by atoms with Crippen LogP contribution in [0.1, 0.15) is 33.4 Å². The summed E-state index contributed by atoms with van der Waals surface area (Å²) in [5.74, 6) is 0.250. The summed E-state index contributed by atoms with van der Waals surface area (Å²) in [6.45, 7) is 2.96. The monoisotopic (exact) mass is 424 g/mol. The lowest BCUT2D eigenvalue weighted by Crippen LogP contribution is -2.52. The number of hydrogen-bond donors (Lipinski definition) is 0. The molecule has 0 aliphatic carbocycles. The molecule has 0 radical (unpaired) electrons. The molecule has 2 aliphatic heterocycles. The number of amides is 2. The van der Waals surface area contributed by atoms with Gasteiger partial charge in [-0.25, -0.2) is 0 Å². The number of piperazine rings is 1. The second kappa shape index (κ2) is 8.55. The zero-order chi connectivity index (χ0) is 22.1. The van der Waals surface area contributed by atoms with E-state index in [-0.39, 0.29) is 11.8 Å². The van der Waals surface area contributed by atoms with E-state index >= 15 is 0 Å². The number of aromatic nitrogens is 1. The molecule has 8 heteroatoms. The number of likely N-dealkylation sites (N-methyl/N-ethyl adjacent to an activating group) is 2. The predicted octanol–water partition coefficient (Wildman–Crippen LogP) is 1.78. The van der Waals surface area contributed by atoms with E-state index in [2.05, 4.69) is 16.9 Å². The molecule has 2 aliphatic rings. The first kappa shape index (κ1) is 21.1. The fourth-order valence-electron chi connectivity index (χ4n) is 4.51. The number of benzene rings is 1. The van der Waals surface area contributed by atoms with Crippen LogP contribution in [0.4, 0.5) is 0 Å². The van der Waals surface area contributed by atoms with Gasteiger partial charge in [0.25, 0.3) is 5.91 Å². The zero-order valence-corrected chi connectivity index (χ0v) is 18.4. The first-order valence-corrected chi connectivity index (χ1v) is 10.4. The number of hydrogen-bond acceptors (Lipinski definition) is 6. The Morgan fingerprint density at radius 1 is 1.06 bits per heavy atom. The van der Waals surface area contributed by atoms with Crippen molar-refractivity contribution in [2.24, 2.45) is 0 Å². The van der Waals surface area contributed by atoms with Gasteiger partial charge in [0, 0.05) is 51.2 Å². The zero-order valence-electron chi connectivity index (χ0n) is 18.4. The molecule has 3 heterocycles. The van der Waals surface area contributed by atoms with Gasteiger partial charge in [-0.05, 0) is 36.4 Å². The van der Waals surface area contributed by atoms with Gasteiger partial charge >= 0.3 is 0 Å². The average molecular weight is 425 g/mol. The molecular formula is C23H28N4O4.